The van der Waals surface area contributed by atoms with E-state index in [1.165, 1.54) is 0 Å². The molecule has 0 aromatic rings. The van der Waals surface area contributed by atoms with Crippen molar-refractivity contribution in [2.75, 3.05) is 6.61 Å². The van der Waals surface area contributed by atoms with E-state index in [-0.39, 0.29) is 6.47 Å². The van der Waals surface area contributed by atoms with Crippen molar-refractivity contribution in [1.29, 1.82) is 0 Å². The zero-order valence-electron chi connectivity index (χ0n) is 4.48. The zero-order chi connectivity index (χ0) is 7.28. The molecule has 9 heavy (non-hydrogen) atoms. The molecule has 52 valence electrons. The maximum Gasteiger partial charge on any atom is 0.336 e. The van der Waals surface area contributed by atoms with Crippen molar-refractivity contribution < 1.29 is 24.5 Å². The highest BCUT2D eigenvalue weighted by atomic mass is 16.5. The van der Waals surface area contributed by atoms with E-state index in [9.17, 15) is 9.59 Å². The fourth-order valence-corrected chi connectivity index (χ4v) is 0.202. The van der Waals surface area contributed by atoms with Gasteiger partial charge in [0, 0.05) is 0 Å². The minimum Gasteiger partial charge on any atom is -0.479 e. The van der Waals surface area contributed by atoms with E-state index < -0.39 is 18.7 Å². The number of carbonyl (C=O) groups is 2. The summed E-state index contributed by atoms with van der Waals surface area (Å²) in [5.41, 5.74) is 0. The molecule has 0 aliphatic rings. The molecule has 0 fully saturated rings. The van der Waals surface area contributed by atoms with Gasteiger partial charge in [-0.3, -0.25) is 4.79 Å². The molecule has 0 saturated carbocycles. The van der Waals surface area contributed by atoms with Crippen LogP contribution in [0.15, 0.2) is 0 Å². The Kier molecular flexibility index (Phi) is 3.38. The van der Waals surface area contributed by atoms with Crippen molar-refractivity contribution in [1.82, 2.24) is 0 Å². The summed E-state index contributed by atoms with van der Waals surface area (Å²) in [6, 6.07) is 0. The second-order valence-corrected chi connectivity index (χ2v) is 1.28. The van der Waals surface area contributed by atoms with Crippen molar-refractivity contribution in [3.05, 3.63) is 0 Å². The molecule has 1 atom stereocenters. The number of carboxylic acid groups (broad SMARTS) is 1. The van der Waals surface area contributed by atoms with Crippen LogP contribution in [0.2, 0.25) is 0 Å². The molecule has 0 aromatic heterocycles. The lowest BCUT2D eigenvalue weighted by atomic mass is 10.4. The van der Waals surface area contributed by atoms with E-state index in [4.69, 9.17) is 10.2 Å². The largest absolute Gasteiger partial charge is 0.479 e. The molecule has 0 unspecified atom stereocenters. The first-order chi connectivity index (χ1) is 4.18. The second kappa shape index (κ2) is 3.85. The van der Waals surface area contributed by atoms with E-state index >= 15 is 0 Å². The van der Waals surface area contributed by atoms with Gasteiger partial charge in [0.15, 0.2) is 6.10 Å². The zero-order valence-corrected chi connectivity index (χ0v) is 4.48. The average molecular weight is 134 g/mol. The molecule has 0 spiro atoms. The maximum atomic E-state index is 9.76. The lowest BCUT2D eigenvalue weighted by Gasteiger charge is -2.00. The Balaban J connectivity index is 3.37. The van der Waals surface area contributed by atoms with Crippen molar-refractivity contribution >= 4 is 12.4 Å². The molecule has 0 saturated heterocycles. The highest BCUT2D eigenvalue weighted by Gasteiger charge is 2.12. The van der Waals surface area contributed by atoms with Crippen molar-refractivity contribution in [2.45, 2.75) is 6.10 Å². The molecule has 0 aliphatic carbocycles. The molecule has 0 radical (unpaired) electrons. The summed E-state index contributed by atoms with van der Waals surface area (Å²) in [4.78, 5) is 19.2. The van der Waals surface area contributed by atoms with Gasteiger partial charge in [0.1, 0.15) is 6.61 Å². The van der Waals surface area contributed by atoms with Crippen LogP contribution < -0.4 is 0 Å². The van der Waals surface area contributed by atoms with Gasteiger partial charge in [-0.2, -0.15) is 0 Å². The van der Waals surface area contributed by atoms with Gasteiger partial charge in [0.2, 0.25) is 0 Å². The summed E-state index contributed by atoms with van der Waals surface area (Å²) < 4.78 is 3.95. The quantitative estimate of drug-likeness (QED) is 0.462. The van der Waals surface area contributed by atoms with Gasteiger partial charge in [0.05, 0.1) is 0 Å². The fourth-order valence-electron chi connectivity index (χ4n) is 0.202. The van der Waals surface area contributed by atoms with E-state index in [2.05, 4.69) is 4.74 Å². The number of aliphatic hydroxyl groups excluding tert-OH is 1. The van der Waals surface area contributed by atoms with E-state index in [0.717, 1.165) is 0 Å². The fraction of sp³-hybridized carbons (Fsp3) is 0.500. The van der Waals surface area contributed by atoms with Crippen LogP contribution in [0, 0.1) is 0 Å². The SMILES string of the molecule is O=COC[C@@H](O)C(=O)O. The first kappa shape index (κ1) is 7.90. The van der Waals surface area contributed by atoms with Crippen molar-refractivity contribution in [2.24, 2.45) is 0 Å². The van der Waals surface area contributed by atoms with Gasteiger partial charge < -0.3 is 14.9 Å². The smallest absolute Gasteiger partial charge is 0.336 e. The summed E-state index contributed by atoms with van der Waals surface area (Å²) >= 11 is 0. The predicted octanol–water partition coefficient (Wildman–Crippen LogP) is -1.40. The summed E-state index contributed by atoms with van der Waals surface area (Å²) in [6.45, 7) is -0.426. The standard InChI is InChI=1S/C4H6O5/c5-2-9-1-3(6)4(7)8/h2-3,6H,1H2,(H,7,8)/t3-/m1/s1. The average Bonchev–Trinajstić information content (AvgIpc) is 1.82. The van der Waals surface area contributed by atoms with Crippen LogP contribution >= 0.6 is 0 Å². The lowest BCUT2D eigenvalue weighted by Crippen LogP contribution is -2.24. The normalized spacial score (nSPS) is 12.1. The number of hydrogen-bond donors (Lipinski definition) is 2. The van der Waals surface area contributed by atoms with Gasteiger partial charge in [-0.15, -0.1) is 0 Å². The number of carboxylic acids is 1. The lowest BCUT2D eigenvalue weighted by molar-refractivity contribution is -0.151. The monoisotopic (exact) mass is 134 g/mol. The molecule has 0 bridgehead atoms. The maximum absolute atomic E-state index is 9.76. The van der Waals surface area contributed by atoms with Crippen LogP contribution in [0.5, 0.6) is 0 Å². The number of hydrogen-bond acceptors (Lipinski definition) is 4. The summed E-state index contributed by atoms with van der Waals surface area (Å²) in [7, 11) is 0. The molecule has 5 heteroatoms. The molecule has 0 amide bonds. The van der Waals surface area contributed by atoms with Crippen molar-refractivity contribution in [3.8, 4) is 0 Å². The third kappa shape index (κ3) is 3.48. The van der Waals surface area contributed by atoms with Crippen LogP contribution in [0.25, 0.3) is 0 Å². The number of carbonyl (C=O) groups excluding carboxylic acids is 1. The summed E-state index contributed by atoms with van der Waals surface area (Å²) in [5, 5.41) is 16.3. The molecule has 0 rings (SSSR count). The first-order valence-electron chi connectivity index (χ1n) is 2.14. The number of aliphatic hydroxyl groups is 1. The Morgan fingerprint density at radius 2 is 2.33 bits per heavy atom. The van der Waals surface area contributed by atoms with E-state index in [0.29, 0.717) is 0 Å². The van der Waals surface area contributed by atoms with Gasteiger partial charge in [-0.05, 0) is 0 Å². The Hall–Kier alpha value is -1.10. The number of rotatable bonds is 4. The van der Waals surface area contributed by atoms with Crippen LogP contribution in [-0.2, 0) is 14.3 Å². The first-order valence-corrected chi connectivity index (χ1v) is 2.14. The highest BCUT2D eigenvalue weighted by Crippen LogP contribution is 1.81. The summed E-state index contributed by atoms with van der Waals surface area (Å²) in [5.74, 6) is -1.41. The summed E-state index contributed by atoms with van der Waals surface area (Å²) in [6.07, 6.45) is -1.62. The minimum absolute atomic E-state index is 0.0756. The van der Waals surface area contributed by atoms with Crippen LogP contribution in [0.4, 0.5) is 0 Å². The van der Waals surface area contributed by atoms with Crippen LogP contribution in [0.1, 0.15) is 0 Å². The third-order valence-corrected chi connectivity index (χ3v) is 0.607. The van der Waals surface area contributed by atoms with Gasteiger partial charge in [-0.25, -0.2) is 4.79 Å². The minimum atomic E-state index is -1.62. The molecule has 0 aromatic carbocycles. The molecular weight excluding hydrogens is 128 g/mol. The Labute approximate surface area is 50.9 Å². The Morgan fingerprint density at radius 3 is 2.67 bits per heavy atom. The van der Waals surface area contributed by atoms with Gasteiger partial charge in [-0.1, -0.05) is 0 Å². The topological polar surface area (TPSA) is 83.8 Å². The Morgan fingerprint density at radius 1 is 1.78 bits per heavy atom. The highest BCUT2D eigenvalue weighted by molar-refractivity contribution is 5.72. The van der Waals surface area contributed by atoms with Crippen molar-refractivity contribution in [3.63, 3.8) is 0 Å². The molecule has 0 aliphatic heterocycles. The molecule has 5 nitrogen and oxygen atoms in total. The van der Waals surface area contributed by atoms with Gasteiger partial charge in [0.25, 0.3) is 6.47 Å². The number of ether oxygens (including phenoxy) is 1. The molecule has 2 N–H and O–H groups in total. The van der Waals surface area contributed by atoms with E-state index in [1.54, 1.807) is 0 Å². The predicted molar refractivity (Wildman–Crippen MR) is 25.7 cm³/mol. The molecular formula is C4H6O5. The number of aliphatic carboxylic acids is 1. The molecule has 0 heterocycles. The van der Waals surface area contributed by atoms with Crippen LogP contribution in [-0.4, -0.2) is 35.4 Å². The third-order valence-electron chi connectivity index (χ3n) is 0.607. The Bertz CT molecular complexity index is 110. The van der Waals surface area contributed by atoms with E-state index in [1.807, 2.05) is 0 Å². The second-order valence-electron chi connectivity index (χ2n) is 1.28. The van der Waals surface area contributed by atoms with Gasteiger partial charge >= 0.3 is 5.97 Å². The van der Waals surface area contributed by atoms with Crippen LogP contribution in [0.3, 0.4) is 0 Å².